The van der Waals surface area contributed by atoms with Crippen LogP contribution in [0.2, 0.25) is 10.0 Å². The van der Waals surface area contributed by atoms with Gasteiger partial charge in [-0.15, -0.1) is 0 Å². The lowest BCUT2D eigenvalue weighted by molar-refractivity contribution is -0.153. The first-order valence-corrected chi connectivity index (χ1v) is 13.1. The van der Waals surface area contributed by atoms with Crippen LogP contribution in [0.1, 0.15) is 80.7 Å². The summed E-state index contributed by atoms with van der Waals surface area (Å²) in [5.41, 5.74) is 7.27. The lowest BCUT2D eigenvalue weighted by atomic mass is 9.88. The molecule has 1 saturated carbocycles. The van der Waals surface area contributed by atoms with Crippen LogP contribution in [0.15, 0.2) is 36.4 Å². The maximum absolute atomic E-state index is 14.1. The van der Waals surface area contributed by atoms with Crippen LogP contribution < -0.4 is 5.73 Å². The Morgan fingerprint density at radius 2 is 1.81 bits per heavy atom. The summed E-state index contributed by atoms with van der Waals surface area (Å²) in [6.45, 7) is 5.42. The number of hydrogen-bond donors (Lipinski definition) is 1. The molecule has 37 heavy (non-hydrogen) atoms. The van der Waals surface area contributed by atoms with E-state index in [-0.39, 0.29) is 23.1 Å². The number of halogens is 3. The Kier molecular flexibility index (Phi) is 7.95. The zero-order chi connectivity index (χ0) is 26.9. The van der Waals surface area contributed by atoms with Gasteiger partial charge in [-0.1, -0.05) is 48.5 Å². The molecule has 1 fully saturated rings. The highest BCUT2D eigenvalue weighted by Crippen LogP contribution is 2.40. The van der Waals surface area contributed by atoms with Gasteiger partial charge in [0.15, 0.2) is 5.69 Å². The van der Waals surface area contributed by atoms with Crippen LogP contribution in [0.3, 0.4) is 0 Å². The van der Waals surface area contributed by atoms with Crippen LogP contribution in [-0.2, 0) is 16.0 Å². The number of primary amides is 1. The molecule has 1 heterocycles. The minimum atomic E-state index is -0.720. The number of carbonyl (C=O) groups excluding carboxylic acids is 2. The normalized spacial score (nSPS) is 14.5. The van der Waals surface area contributed by atoms with E-state index >= 15 is 0 Å². The van der Waals surface area contributed by atoms with Crippen molar-refractivity contribution in [2.24, 2.45) is 5.73 Å². The lowest BCUT2D eigenvalue weighted by Gasteiger charge is -2.25. The van der Waals surface area contributed by atoms with Crippen molar-refractivity contribution in [1.82, 2.24) is 9.55 Å². The summed E-state index contributed by atoms with van der Waals surface area (Å²) in [5, 5.41) is 0.343. The third-order valence-corrected chi connectivity index (χ3v) is 6.87. The Morgan fingerprint density at radius 1 is 1.11 bits per heavy atom. The Balaban J connectivity index is 1.99. The molecule has 0 unspecified atom stereocenters. The molecule has 1 aliphatic rings. The summed E-state index contributed by atoms with van der Waals surface area (Å²) in [5.74, 6) is -1.00. The van der Waals surface area contributed by atoms with Crippen LogP contribution in [0.4, 0.5) is 4.39 Å². The summed E-state index contributed by atoms with van der Waals surface area (Å²) in [4.78, 5) is 30.2. The van der Waals surface area contributed by atoms with E-state index in [1.54, 1.807) is 39.0 Å². The predicted octanol–water partition coefficient (Wildman–Crippen LogP) is 7.02. The van der Waals surface area contributed by atoms with Crippen molar-refractivity contribution >= 4 is 35.1 Å². The van der Waals surface area contributed by atoms with Crippen LogP contribution in [0.5, 0.6) is 0 Å². The van der Waals surface area contributed by atoms with Gasteiger partial charge in [0.1, 0.15) is 17.2 Å². The van der Waals surface area contributed by atoms with Gasteiger partial charge in [-0.05, 0) is 69.5 Å². The zero-order valence-electron chi connectivity index (χ0n) is 21.1. The number of aromatic nitrogens is 2. The molecule has 0 atom stereocenters. The fourth-order valence-electron chi connectivity index (χ4n) is 4.83. The maximum atomic E-state index is 14.1. The number of ether oxygens (including phenoxy) is 1. The van der Waals surface area contributed by atoms with Gasteiger partial charge in [-0.25, -0.2) is 9.37 Å². The number of amides is 1. The van der Waals surface area contributed by atoms with E-state index in [4.69, 9.17) is 38.7 Å². The highest BCUT2D eigenvalue weighted by molar-refractivity contribution is 6.31. The van der Waals surface area contributed by atoms with Crippen molar-refractivity contribution in [3.05, 3.63) is 69.3 Å². The first-order chi connectivity index (χ1) is 17.4. The number of rotatable bonds is 6. The minimum absolute atomic E-state index is 0.0262. The van der Waals surface area contributed by atoms with Crippen molar-refractivity contribution < 1.29 is 18.7 Å². The molecular formula is C28H30Cl2FN3O3. The number of esters is 1. The van der Waals surface area contributed by atoms with E-state index in [1.165, 1.54) is 18.2 Å². The number of nitrogens with two attached hydrogens (primary N) is 1. The number of benzene rings is 2. The van der Waals surface area contributed by atoms with Gasteiger partial charge in [0.25, 0.3) is 5.91 Å². The number of imidazole rings is 1. The quantitative estimate of drug-likeness (QED) is 0.337. The second-order valence-corrected chi connectivity index (χ2v) is 11.2. The molecule has 9 heteroatoms. The average Bonchev–Trinajstić information content (AvgIpc) is 3.22. The van der Waals surface area contributed by atoms with Crippen molar-refractivity contribution in [2.75, 3.05) is 0 Å². The number of carbonyl (C=O) groups is 2. The van der Waals surface area contributed by atoms with Gasteiger partial charge < -0.3 is 10.5 Å². The minimum Gasteiger partial charge on any atom is -0.460 e. The molecule has 4 rings (SSSR count). The largest absolute Gasteiger partial charge is 0.460 e. The summed E-state index contributed by atoms with van der Waals surface area (Å²) in [6, 6.07) is 9.40. The molecule has 1 aliphatic carbocycles. The van der Waals surface area contributed by atoms with Crippen molar-refractivity contribution in [2.45, 2.75) is 70.8 Å². The molecule has 2 N–H and O–H groups in total. The van der Waals surface area contributed by atoms with Gasteiger partial charge in [0.05, 0.1) is 22.8 Å². The van der Waals surface area contributed by atoms with E-state index in [9.17, 15) is 14.0 Å². The molecule has 0 aliphatic heterocycles. The number of nitrogens with zero attached hydrogens (tertiary/aromatic N) is 2. The fraction of sp³-hybridized carbons (Fsp3) is 0.393. The van der Waals surface area contributed by atoms with Crippen LogP contribution in [-0.4, -0.2) is 27.0 Å². The monoisotopic (exact) mass is 545 g/mol. The fourth-order valence-corrected chi connectivity index (χ4v) is 5.17. The first kappa shape index (κ1) is 27.1. The van der Waals surface area contributed by atoms with Crippen molar-refractivity contribution in [3.63, 3.8) is 0 Å². The van der Waals surface area contributed by atoms with Crippen LogP contribution in [0, 0.1) is 5.82 Å². The molecule has 3 aromatic rings. The average molecular weight is 546 g/mol. The Labute approximate surface area is 225 Å². The van der Waals surface area contributed by atoms with Gasteiger partial charge in [0, 0.05) is 16.5 Å². The van der Waals surface area contributed by atoms with E-state index in [1.807, 2.05) is 4.57 Å². The number of hydrogen-bond acceptors (Lipinski definition) is 4. The zero-order valence-corrected chi connectivity index (χ0v) is 22.6. The smallest absolute Gasteiger partial charge is 0.310 e. The third kappa shape index (κ3) is 6.16. The molecule has 0 radical (unpaired) electrons. The second-order valence-electron chi connectivity index (χ2n) is 10.4. The maximum Gasteiger partial charge on any atom is 0.310 e. The van der Waals surface area contributed by atoms with E-state index in [0.29, 0.717) is 33.4 Å². The predicted molar refractivity (Wildman–Crippen MR) is 143 cm³/mol. The first-order valence-electron chi connectivity index (χ1n) is 12.3. The summed E-state index contributed by atoms with van der Waals surface area (Å²) < 4.78 is 21.5. The van der Waals surface area contributed by atoms with Gasteiger partial charge in [-0.3, -0.25) is 14.2 Å². The molecular weight excluding hydrogens is 516 g/mol. The van der Waals surface area contributed by atoms with Gasteiger partial charge >= 0.3 is 5.97 Å². The van der Waals surface area contributed by atoms with E-state index in [2.05, 4.69) is 0 Å². The Hall–Kier alpha value is -2.90. The highest BCUT2D eigenvalue weighted by Gasteiger charge is 2.30. The van der Waals surface area contributed by atoms with Gasteiger partial charge in [0.2, 0.25) is 0 Å². The SMILES string of the molecule is CC(C)(C)OC(=O)Cc1ccc(Cl)cc1-n1c(C2CCCCC2)nc(C(N)=O)c1-c1ccc(F)c(Cl)c1. The molecule has 1 amide bonds. The molecule has 1 aromatic heterocycles. The van der Waals surface area contributed by atoms with Crippen molar-refractivity contribution in [1.29, 1.82) is 0 Å². The Morgan fingerprint density at radius 3 is 2.43 bits per heavy atom. The topological polar surface area (TPSA) is 87.2 Å². The van der Waals surface area contributed by atoms with E-state index in [0.717, 1.165) is 32.1 Å². The molecule has 2 aromatic carbocycles. The molecule has 0 bridgehead atoms. The second kappa shape index (κ2) is 10.8. The van der Waals surface area contributed by atoms with Crippen LogP contribution >= 0.6 is 23.2 Å². The van der Waals surface area contributed by atoms with Crippen molar-refractivity contribution in [3.8, 4) is 16.9 Å². The summed E-state index contributed by atoms with van der Waals surface area (Å²) in [7, 11) is 0. The highest BCUT2D eigenvalue weighted by atomic mass is 35.5. The third-order valence-electron chi connectivity index (χ3n) is 6.34. The lowest BCUT2D eigenvalue weighted by Crippen LogP contribution is -2.25. The summed E-state index contributed by atoms with van der Waals surface area (Å²) in [6.07, 6.45) is 4.94. The molecule has 6 nitrogen and oxygen atoms in total. The standard InChI is InChI=1S/C28H30Cl2FN3O3/c1-28(2,3)37-23(35)14-17-9-11-19(29)15-22(17)34-25(18-10-12-21(31)20(30)13-18)24(26(32)36)33-27(34)16-7-5-4-6-8-16/h9-13,15-16H,4-8,14H2,1-3H3,(H2,32,36). The molecule has 0 saturated heterocycles. The van der Waals surface area contributed by atoms with Gasteiger partial charge in [-0.2, -0.15) is 0 Å². The molecule has 196 valence electrons. The Bertz CT molecular complexity index is 1340. The molecule has 0 spiro atoms. The van der Waals surface area contributed by atoms with E-state index < -0.39 is 23.3 Å². The summed E-state index contributed by atoms with van der Waals surface area (Å²) >= 11 is 12.6. The van der Waals surface area contributed by atoms with Crippen LogP contribution in [0.25, 0.3) is 16.9 Å².